The molecule has 7 atom stereocenters. The van der Waals surface area contributed by atoms with Crippen molar-refractivity contribution in [1.29, 1.82) is 0 Å². The van der Waals surface area contributed by atoms with E-state index in [1.165, 1.54) is 12.1 Å². The lowest BCUT2D eigenvalue weighted by Gasteiger charge is -2.60. The van der Waals surface area contributed by atoms with Gasteiger partial charge in [-0.2, -0.15) is 13.2 Å². The van der Waals surface area contributed by atoms with Gasteiger partial charge in [0.25, 0.3) is 0 Å². The summed E-state index contributed by atoms with van der Waals surface area (Å²) < 4.78 is 46.9. The lowest BCUT2D eigenvalue weighted by atomic mass is 9.45. The highest BCUT2D eigenvalue weighted by molar-refractivity contribution is 6.10. The van der Waals surface area contributed by atoms with Crippen LogP contribution in [0, 0.1) is 28.6 Å². The number of allylic oxidation sites excluding steroid dienone is 2. The number of amides is 2. The molecule has 2 amide bonds. The minimum atomic E-state index is -4.62. The third kappa shape index (κ3) is 8.20. The van der Waals surface area contributed by atoms with Crippen molar-refractivity contribution in [3.05, 3.63) is 106 Å². The van der Waals surface area contributed by atoms with Crippen LogP contribution in [-0.2, 0) is 12.6 Å². The summed E-state index contributed by atoms with van der Waals surface area (Å²) in [6.45, 7) is 9.38. The van der Waals surface area contributed by atoms with E-state index in [1.807, 2.05) is 17.0 Å². The maximum absolute atomic E-state index is 14.5. The van der Waals surface area contributed by atoms with Crippen molar-refractivity contribution in [2.75, 3.05) is 25.5 Å². The molecule has 9 rings (SSSR count). The Kier molecular flexibility index (Phi) is 11.7. The molecule has 7 nitrogen and oxygen atoms in total. The highest BCUT2D eigenvalue weighted by Gasteiger charge is 2.59. The molecule has 0 aliphatic heterocycles. The fourth-order valence-corrected chi connectivity index (χ4v) is 11.1. The highest BCUT2D eigenvalue weighted by Crippen LogP contribution is 2.62. The van der Waals surface area contributed by atoms with Crippen LogP contribution in [0.25, 0.3) is 0 Å². The number of rotatable bonds is 8. The molecule has 0 aromatic heterocycles. The Hall–Kier alpha value is -4.15. The van der Waals surface area contributed by atoms with E-state index in [1.54, 1.807) is 37.4 Å². The predicted molar refractivity (Wildman–Crippen MR) is 220 cm³/mol. The zero-order valence-corrected chi connectivity index (χ0v) is 34.5. The number of benzene rings is 3. The monoisotopic (exact) mass is 800 g/mol. The molecule has 10 heteroatoms. The summed E-state index contributed by atoms with van der Waals surface area (Å²) in [6.07, 6.45) is 3.71. The van der Waals surface area contributed by atoms with Gasteiger partial charge in [-0.25, -0.2) is 4.79 Å². The smallest absolute Gasteiger partial charge is 0.416 e. The number of alkyl halides is 3. The van der Waals surface area contributed by atoms with E-state index in [2.05, 4.69) is 39.1 Å². The molecule has 312 valence electrons. The van der Waals surface area contributed by atoms with Gasteiger partial charge in [-0.3, -0.25) is 4.79 Å². The molecule has 3 N–H and O–H groups in total. The SMILES string of the molecule is COc1ccc(NC(=O)N(C[C@@H]2CC[C@H]3C[C@@H]2C3(C)C)C[C@]2(O)CC[C@H]3c4ccc(cc4C(=O)c4cccc(C(F)(F)F)c4)C[C@@H](O)CCC(C)=CCC[C@@]32C)cc1. The number of hydrogen-bond acceptors (Lipinski definition) is 5. The van der Waals surface area contributed by atoms with Crippen LogP contribution in [0.1, 0.15) is 124 Å². The third-order valence-electron chi connectivity index (χ3n) is 14.9. The van der Waals surface area contributed by atoms with E-state index in [-0.39, 0.29) is 41.0 Å². The Labute approximate surface area is 341 Å². The van der Waals surface area contributed by atoms with Gasteiger partial charge in [-0.15, -0.1) is 0 Å². The number of aliphatic hydroxyl groups is 2. The van der Waals surface area contributed by atoms with Gasteiger partial charge < -0.3 is 25.2 Å². The number of ketones is 1. The van der Waals surface area contributed by atoms with E-state index in [0.29, 0.717) is 80.3 Å². The van der Waals surface area contributed by atoms with E-state index in [9.17, 15) is 33.0 Å². The average Bonchev–Trinajstić information content (AvgIpc) is 3.44. The van der Waals surface area contributed by atoms with Crippen molar-refractivity contribution in [3.8, 4) is 5.75 Å². The number of carbonyl (C=O) groups excluding carboxylic acids is 2. The first-order valence-corrected chi connectivity index (χ1v) is 21.0. The molecule has 3 aromatic carbocycles. The van der Waals surface area contributed by atoms with Crippen LogP contribution in [0.15, 0.2) is 78.4 Å². The van der Waals surface area contributed by atoms with Crippen molar-refractivity contribution in [2.45, 2.75) is 116 Å². The highest BCUT2D eigenvalue weighted by atomic mass is 19.4. The molecule has 6 aliphatic rings. The Morgan fingerprint density at radius 1 is 0.966 bits per heavy atom. The third-order valence-corrected chi connectivity index (χ3v) is 14.9. The van der Waals surface area contributed by atoms with Gasteiger partial charge in [0.2, 0.25) is 0 Å². The number of urea groups is 1. The Morgan fingerprint density at radius 3 is 2.41 bits per heavy atom. The summed E-state index contributed by atoms with van der Waals surface area (Å²) in [6, 6.07) is 17.0. The average molecular weight is 801 g/mol. The fraction of sp³-hybridized carbons (Fsp3) is 0.542. The lowest BCUT2D eigenvalue weighted by Crippen LogP contribution is -2.58. The van der Waals surface area contributed by atoms with Gasteiger partial charge >= 0.3 is 12.2 Å². The fourth-order valence-electron chi connectivity index (χ4n) is 11.1. The number of carbonyl (C=O) groups is 2. The number of aliphatic hydroxyl groups excluding tert-OH is 1. The molecule has 0 heterocycles. The standard InChI is InChI=1S/C48H59F3N2O5/c1-30-8-7-22-46(4)41(39-20-12-31(24-37(54)17-11-30)25-40(39)43(55)32-9-6-10-35(26-32)48(49,50)51)21-23-47(46,57)29-53(28-33-13-14-34-27-42(33)45(34,2)3)44(56)52-36-15-18-38(58-5)19-16-36/h6,8-10,12,15-16,18-20,25-26,33-34,37,41-42,54,57H,7,11,13-14,17,21-24,27-29H2,1-5H3,(H,52,56)/t33-,34-,37-,41-,42-,46-,47+/m0/s1. The molecule has 3 aromatic rings. The van der Waals surface area contributed by atoms with Gasteiger partial charge in [-0.1, -0.05) is 56.7 Å². The van der Waals surface area contributed by atoms with Gasteiger partial charge in [0, 0.05) is 28.8 Å². The van der Waals surface area contributed by atoms with Crippen LogP contribution >= 0.6 is 0 Å². The summed E-state index contributed by atoms with van der Waals surface area (Å²) in [7, 11) is 1.59. The maximum Gasteiger partial charge on any atom is 0.416 e. The Bertz CT molecular complexity index is 2030. The zero-order valence-electron chi connectivity index (χ0n) is 34.5. The van der Waals surface area contributed by atoms with Crippen LogP contribution in [0.3, 0.4) is 0 Å². The minimum Gasteiger partial charge on any atom is -0.497 e. The summed E-state index contributed by atoms with van der Waals surface area (Å²) in [5.74, 6) is 1.24. The molecule has 6 aliphatic carbocycles. The molecular formula is C48H59F3N2O5. The molecule has 4 bridgehead atoms. The first-order valence-electron chi connectivity index (χ1n) is 21.0. The molecule has 0 saturated heterocycles. The normalized spacial score (nSPS) is 29.3. The van der Waals surface area contributed by atoms with Crippen molar-refractivity contribution < 1.29 is 37.7 Å². The molecule has 58 heavy (non-hydrogen) atoms. The topological polar surface area (TPSA) is 99.1 Å². The van der Waals surface area contributed by atoms with Crippen LogP contribution < -0.4 is 10.1 Å². The second kappa shape index (κ2) is 16.1. The number of anilines is 1. The molecule has 0 radical (unpaired) electrons. The Balaban J connectivity index is 1.28. The minimum absolute atomic E-state index is 0.0709. The van der Waals surface area contributed by atoms with Crippen LogP contribution in [-0.4, -0.2) is 58.8 Å². The van der Waals surface area contributed by atoms with Crippen LogP contribution in [0.2, 0.25) is 0 Å². The van der Waals surface area contributed by atoms with Gasteiger partial charge in [0.05, 0.1) is 30.9 Å². The number of nitrogens with one attached hydrogen (secondary N) is 1. The summed E-state index contributed by atoms with van der Waals surface area (Å²) in [5, 5.41) is 27.3. The van der Waals surface area contributed by atoms with Crippen molar-refractivity contribution in [1.82, 2.24) is 4.90 Å². The first kappa shape index (κ1) is 42.0. The maximum atomic E-state index is 14.5. The van der Waals surface area contributed by atoms with Crippen molar-refractivity contribution in [2.24, 2.45) is 28.6 Å². The molecular weight excluding hydrogens is 742 g/mol. The zero-order chi connectivity index (χ0) is 41.6. The quantitative estimate of drug-likeness (QED) is 0.156. The number of methoxy groups -OCH3 is 1. The Morgan fingerprint density at radius 2 is 1.72 bits per heavy atom. The van der Waals surface area contributed by atoms with Gasteiger partial charge in [-0.05, 0) is 154 Å². The largest absolute Gasteiger partial charge is 0.497 e. The predicted octanol–water partition coefficient (Wildman–Crippen LogP) is 10.6. The molecule has 0 unspecified atom stereocenters. The van der Waals surface area contributed by atoms with Crippen molar-refractivity contribution in [3.63, 3.8) is 0 Å². The molecule has 4 saturated carbocycles. The number of ether oxygens (including phenoxy) is 1. The number of halogens is 3. The van der Waals surface area contributed by atoms with E-state index < -0.39 is 34.6 Å². The second-order valence-corrected chi connectivity index (χ2v) is 18.6. The molecule has 0 spiro atoms. The van der Waals surface area contributed by atoms with Crippen LogP contribution in [0.5, 0.6) is 5.75 Å². The second-order valence-electron chi connectivity index (χ2n) is 18.6. The molecule has 4 fully saturated rings. The number of hydrogen-bond donors (Lipinski definition) is 3. The first-order chi connectivity index (χ1) is 27.4. The van der Waals surface area contributed by atoms with Gasteiger partial charge in [0.15, 0.2) is 5.78 Å². The van der Waals surface area contributed by atoms with Gasteiger partial charge in [0.1, 0.15) is 5.75 Å². The summed E-state index contributed by atoms with van der Waals surface area (Å²) in [4.78, 5) is 30.8. The lowest BCUT2D eigenvalue weighted by molar-refractivity contribution is -0.137. The summed E-state index contributed by atoms with van der Waals surface area (Å²) in [5.41, 5.74) is 0.444. The van der Waals surface area contributed by atoms with Crippen LogP contribution in [0.4, 0.5) is 23.7 Å². The van der Waals surface area contributed by atoms with E-state index in [4.69, 9.17) is 4.74 Å². The summed E-state index contributed by atoms with van der Waals surface area (Å²) >= 11 is 0. The van der Waals surface area contributed by atoms with E-state index >= 15 is 0 Å². The number of nitrogens with zero attached hydrogens (tertiary/aromatic N) is 1. The van der Waals surface area contributed by atoms with Crippen molar-refractivity contribution >= 4 is 17.5 Å². The number of fused-ring (bicyclic) bond motifs is 10. The van der Waals surface area contributed by atoms with E-state index in [0.717, 1.165) is 42.5 Å².